The van der Waals surface area contributed by atoms with Crippen LogP contribution in [0.15, 0.2) is 24.3 Å². The van der Waals surface area contributed by atoms with Gasteiger partial charge in [-0.05, 0) is 25.0 Å². The van der Waals surface area contributed by atoms with Gasteiger partial charge in [0.05, 0.1) is 19.6 Å². The van der Waals surface area contributed by atoms with E-state index in [2.05, 4.69) is 0 Å². The first-order valence-corrected chi connectivity index (χ1v) is 7.40. The summed E-state index contributed by atoms with van der Waals surface area (Å²) in [6.07, 6.45) is 2.89. The SMILES string of the molecule is COc1ccccc1OCCN(C)C(=O)[C@H]1CCC[C@@H]1N. The third-order valence-corrected chi connectivity index (χ3v) is 4.02. The fourth-order valence-electron chi connectivity index (χ4n) is 2.72. The molecule has 5 nitrogen and oxygen atoms in total. The Morgan fingerprint density at radius 1 is 1.33 bits per heavy atom. The van der Waals surface area contributed by atoms with Crippen LogP contribution in [0.1, 0.15) is 19.3 Å². The van der Waals surface area contributed by atoms with Crippen LogP contribution >= 0.6 is 0 Å². The number of methoxy groups -OCH3 is 1. The number of para-hydroxylation sites is 2. The molecule has 0 aliphatic heterocycles. The smallest absolute Gasteiger partial charge is 0.227 e. The van der Waals surface area contributed by atoms with Gasteiger partial charge < -0.3 is 20.1 Å². The average Bonchev–Trinajstić information content (AvgIpc) is 2.93. The van der Waals surface area contributed by atoms with Gasteiger partial charge in [0.25, 0.3) is 0 Å². The highest BCUT2D eigenvalue weighted by molar-refractivity contribution is 5.79. The van der Waals surface area contributed by atoms with Gasteiger partial charge in [-0.3, -0.25) is 4.79 Å². The molecular formula is C16H24N2O3. The van der Waals surface area contributed by atoms with E-state index >= 15 is 0 Å². The maximum atomic E-state index is 12.3. The number of hydrogen-bond donors (Lipinski definition) is 1. The number of rotatable bonds is 6. The van der Waals surface area contributed by atoms with Gasteiger partial charge in [-0.15, -0.1) is 0 Å². The minimum absolute atomic E-state index is 0.00934. The third kappa shape index (κ3) is 3.88. The van der Waals surface area contributed by atoms with Crippen LogP contribution in [0.2, 0.25) is 0 Å². The molecule has 2 atom stereocenters. The number of nitrogens with zero attached hydrogens (tertiary/aromatic N) is 1. The Hall–Kier alpha value is -1.75. The summed E-state index contributed by atoms with van der Waals surface area (Å²) in [6.45, 7) is 0.977. The van der Waals surface area contributed by atoms with Crippen molar-refractivity contribution in [2.75, 3.05) is 27.3 Å². The maximum Gasteiger partial charge on any atom is 0.227 e. The molecule has 0 aromatic heterocycles. The predicted octanol–water partition coefficient (Wildman–Crippen LogP) is 1.66. The van der Waals surface area contributed by atoms with E-state index in [-0.39, 0.29) is 17.9 Å². The number of ether oxygens (including phenoxy) is 2. The summed E-state index contributed by atoms with van der Waals surface area (Å²) in [5.41, 5.74) is 5.98. The van der Waals surface area contributed by atoms with Crippen molar-refractivity contribution in [2.45, 2.75) is 25.3 Å². The van der Waals surface area contributed by atoms with Gasteiger partial charge in [0, 0.05) is 13.1 Å². The standard InChI is InChI=1S/C16H24N2O3/c1-18(16(19)12-6-5-7-13(12)17)10-11-21-15-9-4-3-8-14(15)20-2/h3-4,8-9,12-13H,5-7,10-11,17H2,1-2H3/t12-,13-/m0/s1. The number of benzene rings is 1. The van der Waals surface area contributed by atoms with E-state index in [4.69, 9.17) is 15.2 Å². The van der Waals surface area contributed by atoms with Crippen LogP contribution in [0.25, 0.3) is 0 Å². The molecular weight excluding hydrogens is 268 g/mol. The second-order valence-electron chi connectivity index (χ2n) is 5.46. The number of amides is 1. The molecule has 1 aromatic rings. The van der Waals surface area contributed by atoms with Gasteiger partial charge in [0.15, 0.2) is 11.5 Å². The van der Waals surface area contributed by atoms with Gasteiger partial charge in [-0.25, -0.2) is 0 Å². The van der Waals surface area contributed by atoms with Crippen molar-refractivity contribution in [2.24, 2.45) is 11.7 Å². The minimum atomic E-state index is -0.0266. The number of hydrogen-bond acceptors (Lipinski definition) is 4. The Morgan fingerprint density at radius 2 is 2.05 bits per heavy atom. The van der Waals surface area contributed by atoms with Crippen molar-refractivity contribution >= 4 is 5.91 Å². The number of likely N-dealkylation sites (N-methyl/N-ethyl adjacent to an activating group) is 1. The molecule has 1 fully saturated rings. The van der Waals surface area contributed by atoms with Crippen LogP contribution in [0.3, 0.4) is 0 Å². The van der Waals surface area contributed by atoms with Crippen molar-refractivity contribution in [3.8, 4) is 11.5 Å². The Morgan fingerprint density at radius 3 is 2.67 bits per heavy atom. The highest BCUT2D eigenvalue weighted by atomic mass is 16.5. The normalized spacial score (nSPS) is 21.1. The zero-order valence-electron chi connectivity index (χ0n) is 12.7. The fourth-order valence-corrected chi connectivity index (χ4v) is 2.72. The van der Waals surface area contributed by atoms with Gasteiger partial charge in [0.2, 0.25) is 5.91 Å². The molecule has 0 radical (unpaired) electrons. The first-order valence-electron chi connectivity index (χ1n) is 7.40. The lowest BCUT2D eigenvalue weighted by Crippen LogP contribution is -2.41. The molecule has 1 saturated carbocycles. The highest BCUT2D eigenvalue weighted by Gasteiger charge is 2.31. The Labute approximate surface area is 126 Å². The van der Waals surface area contributed by atoms with Crippen molar-refractivity contribution in [3.63, 3.8) is 0 Å². The number of carbonyl (C=O) groups is 1. The van der Waals surface area contributed by atoms with E-state index in [1.807, 2.05) is 24.3 Å². The number of carbonyl (C=O) groups excluding carboxylic acids is 1. The quantitative estimate of drug-likeness (QED) is 0.866. The first-order chi connectivity index (χ1) is 10.1. The Bertz CT molecular complexity index is 478. The molecule has 1 aromatic carbocycles. The molecule has 21 heavy (non-hydrogen) atoms. The average molecular weight is 292 g/mol. The molecule has 0 bridgehead atoms. The van der Waals surface area contributed by atoms with Crippen molar-refractivity contribution in [1.82, 2.24) is 4.90 Å². The van der Waals surface area contributed by atoms with E-state index < -0.39 is 0 Å². The van der Waals surface area contributed by atoms with Crippen LogP contribution < -0.4 is 15.2 Å². The maximum absolute atomic E-state index is 12.3. The van der Waals surface area contributed by atoms with E-state index in [1.165, 1.54) is 0 Å². The molecule has 116 valence electrons. The third-order valence-electron chi connectivity index (χ3n) is 4.02. The van der Waals surface area contributed by atoms with Gasteiger partial charge in [0.1, 0.15) is 6.61 Å². The van der Waals surface area contributed by atoms with Gasteiger partial charge in [-0.2, -0.15) is 0 Å². The van der Waals surface area contributed by atoms with E-state index in [0.29, 0.717) is 24.7 Å². The van der Waals surface area contributed by atoms with Gasteiger partial charge in [-0.1, -0.05) is 18.6 Å². The number of nitrogens with two attached hydrogens (primary N) is 1. The lowest BCUT2D eigenvalue weighted by molar-refractivity contribution is -0.134. The summed E-state index contributed by atoms with van der Waals surface area (Å²) in [4.78, 5) is 14.0. The summed E-state index contributed by atoms with van der Waals surface area (Å²) in [6, 6.07) is 7.50. The summed E-state index contributed by atoms with van der Waals surface area (Å²) in [5, 5.41) is 0. The van der Waals surface area contributed by atoms with E-state index in [0.717, 1.165) is 19.3 Å². The molecule has 1 amide bonds. The summed E-state index contributed by atoms with van der Waals surface area (Å²) in [7, 11) is 3.41. The van der Waals surface area contributed by atoms with E-state index in [9.17, 15) is 4.79 Å². The summed E-state index contributed by atoms with van der Waals surface area (Å²) >= 11 is 0. The second kappa shape index (κ2) is 7.31. The van der Waals surface area contributed by atoms with Crippen LogP contribution in [0.5, 0.6) is 11.5 Å². The van der Waals surface area contributed by atoms with Crippen LogP contribution in [-0.2, 0) is 4.79 Å². The monoisotopic (exact) mass is 292 g/mol. The zero-order chi connectivity index (χ0) is 15.2. The highest BCUT2D eigenvalue weighted by Crippen LogP contribution is 2.27. The summed E-state index contributed by atoms with van der Waals surface area (Å²) in [5.74, 6) is 1.49. The largest absolute Gasteiger partial charge is 0.493 e. The van der Waals surface area contributed by atoms with Crippen molar-refractivity contribution in [3.05, 3.63) is 24.3 Å². The lowest BCUT2D eigenvalue weighted by Gasteiger charge is -2.23. The lowest BCUT2D eigenvalue weighted by atomic mass is 10.0. The van der Waals surface area contributed by atoms with Crippen LogP contribution in [0, 0.1) is 5.92 Å². The van der Waals surface area contributed by atoms with E-state index in [1.54, 1.807) is 19.1 Å². The van der Waals surface area contributed by atoms with Crippen LogP contribution in [-0.4, -0.2) is 44.2 Å². The second-order valence-corrected chi connectivity index (χ2v) is 5.46. The molecule has 0 heterocycles. The molecule has 0 spiro atoms. The van der Waals surface area contributed by atoms with Crippen LogP contribution in [0.4, 0.5) is 0 Å². The fraction of sp³-hybridized carbons (Fsp3) is 0.562. The molecule has 1 aliphatic rings. The predicted molar refractivity (Wildman–Crippen MR) is 81.4 cm³/mol. The summed E-state index contributed by atoms with van der Waals surface area (Å²) < 4.78 is 10.9. The molecule has 0 saturated heterocycles. The zero-order valence-corrected chi connectivity index (χ0v) is 12.7. The molecule has 2 rings (SSSR count). The Kier molecular flexibility index (Phi) is 5.44. The molecule has 1 aliphatic carbocycles. The Balaban J connectivity index is 1.81. The topological polar surface area (TPSA) is 64.8 Å². The minimum Gasteiger partial charge on any atom is -0.493 e. The van der Waals surface area contributed by atoms with Gasteiger partial charge >= 0.3 is 0 Å². The first kappa shape index (κ1) is 15.6. The van der Waals surface area contributed by atoms with Crippen molar-refractivity contribution in [1.29, 1.82) is 0 Å². The molecule has 2 N–H and O–H groups in total. The molecule has 5 heteroatoms. The van der Waals surface area contributed by atoms with Crippen molar-refractivity contribution < 1.29 is 14.3 Å². The molecule has 0 unspecified atom stereocenters.